The Labute approximate surface area is 135 Å². The van der Waals surface area contributed by atoms with Crippen LogP contribution in [0.3, 0.4) is 0 Å². The molecule has 1 aromatic carbocycles. The van der Waals surface area contributed by atoms with Crippen LogP contribution in [0, 0.1) is 0 Å². The van der Waals surface area contributed by atoms with Crippen LogP contribution in [0.4, 0.5) is 0 Å². The number of nitrogens with zero attached hydrogens (tertiary/aromatic N) is 3. The molecule has 7 heteroatoms. The maximum absolute atomic E-state index is 12.4. The van der Waals surface area contributed by atoms with Gasteiger partial charge in [0.05, 0.1) is 27.4 Å². The second kappa shape index (κ2) is 5.79. The van der Waals surface area contributed by atoms with Crippen molar-refractivity contribution in [3.8, 4) is 11.6 Å². The summed E-state index contributed by atoms with van der Waals surface area (Å²) in [5.41, 5.74) is 0.520. The SMILES string of the molecule is O=C(c1cnn(-c2ncc(Cl)cc2Cl)c1)c1ccccc1O. The Morgan fingerprint density at radius 3 is 2.68 bits per heavy atom. The molecule has 0 saturated heterocycles. The Morgan fingerprint density at radius 2 is 1.95 bits per heavy atom. The third kappa shape index (κ3) is 2.68. The Balaban J connectivity index is 1.97. The molecule has 1 N–H and O–H groups in total. The predicted octanol–water partition coefficient (Wildman–Crippen LogP) is 3.51. The fourth-order valence-electron chi connectivity index (χ4n) is 1.95. The molecule has 0 fully saturated rings. The smallest absolute Gasteiger partial charge is 0.199 e. The fraction of sp³-hybridized carbons (Fsp3) is 0. The number of ketones is 1. The molecule has 0 aliphatic heterocycles. The second-order valence-electron chi connectivity index (χ2n) is 4.48. The molecule has 0 unspecified atom stereocenters. The Kier molecular flexibility index (Phi) is 3.83. The molecule has 0 bridgehead atoms. The first-order valence-electron chi connectivity index (χ1n) is 6.25. The molecule has 110 valence electrons. The van der Waals surface area contributed by atoms with E-state index in [-0.39, 0.29) is 17.1 Å². The molecule has 0 spiro atoms. The molecule has 2 heterocycles. The summed E-state index contributed by atoms with van der Waals surface area (Å²) in [6.07, 6.45) is 4.33. The van der Waals surface area contributed by atoms with E-state index in [9.17, 15) is 9.90 Å². The number of hydrogen-bond donors (Lipinski definition) is 1. The molecular weight excluding hydrogens is 325 g/mol. The number of benzene rings is 1. The number of phenols is 1. The van der Waals surface area contributed by atoms with E-state index >= 15 is 0 Å². The number of para-hydroxylation sites is 1. The van der Waals surface area contributed by atoms with Gasteiger partial charge >= 0.3 is 0 Å². The molecule has 0 atom stereocenters. The number of halogens is 2. The van der Waals surface area contributed by atoms with Crippen molar-refractivity contribution in [2.45, 2.75) is 0 Å². The molecule has 2 aromatic heterocycles. The van der Waals surface area contributed by atoms with Crippen LogP contribution in [0.5, 0.6) is 5.75 Å². The zero-order valence-corrected chi connectivity index (χ0v) is 12.6. The number of hydrogen-bond acceptors (Lipinski definition) is 4. The van der Waals surface area contributed by atoms with Gasteiger partial charge in [-0.25, -0.2) is 9.67 Å². The van der Waals surface area contributed by atoms with Crippen LogP contribution in [0.25, 0.3) is 5.82 Å². The summed E-state index contributed by atoms with van der Waals surface area (Å²) in [5.74, 6) is -0.0558. The van der Waals surface area contributed by atoms with Gasteiger partial charge in [-0.05, 0) is 18.2 Å². The Hall–Kier alpha value is -2.37. The highest BCUT2D eigenvalue weighted by Crippen LogP contribution is 2.23. The molecule has 0 radical (unpaired) electrons. The third-order valence-corrected chi connectivity index (χ3v) is 3.48. The average Bonchev–Trinajstić information content (AvgIpc) is 2.96. The lowest BCUT2D eigenvalue weighted by Crippen LogP contribution is -2.01. The van der Waals surface area contributed by atoms with Crippen LogP contribution in [0.1, 0.15) is 15.9 Å². The number of pyridine rings is 1. The predicted molar refractivity (Wildman–Crippen MR) is 82.9 cm³/mol. The van der Waals surface area contributed by atoms with Crippen LogP contribution in [0.2, 0.25) is 10.0 Å². The van der Waals surface area contributed by atoms with Gasteiger partial charge in [-0.1, -0.05) is 35.3 Å². The van der Waals surface area contributed by atoms with Gasteiger partial charge in [-0.15, -0.1) is 0 Å². The standard InChI is InChI=1S/C15H9Cl2N3O2/c16-10-5-12(17)15(18-7-10)20-8-9(6-19-20)14(22)11-3-1-2-4-13(11)21/h1-8,21H. The van der Waals surface area contributed by atoms with Gasteiger partial charge in [-0.2, -0.15) is 5.10 Å². The summed E-state index contributed by atoms with van der Waals surface area (Å²) in [7, 11) is 0. The molecule has 22 heavy (non-hydrogen) atoms. The van der Waals surface area contributed by atoms with E-state index in [0.29, 0.717) is 21.4 Å². The van der Waals surface area contributed by atoms with Gasteiger partial charge in [-0.3, -0.25) is 4.79 Å². The lowest BCUT2D eigenvalue weighted by molar-refractivity contribution is 0.103. The summed E-state index contributed by atoms with van der Waals surface area (Å²) >= 11 is 11.9. The number of carbonyl (C=O) groups is 1. The zero-order valence-electron chi connectivity index (χ0n) is 11.1. The monoisotopic (exact) mass is 333 g/mol. The summed E-state index contributed by atoms with van der Waals surface area (Å²) in [4.78, 5) is 16.4. The summed E-state index contributed by atoms with van der Waals surface area (Å²) < 4.78 is 1.38. The molecule has 5 nitrogen and oxygen atoms in total. The molecule has 3 aromatic rings. The van der Waals surface area contributed by atoms with Gasteiger partial charge in [0.25, 0.3) is 0 Å². The van der Waals surface area contributed by atoms with Crippen molar-refractivity contribution in [2.24, 2.45) is 0 Å². The molecular formula is C15H9Cl2N3O2. The van der Waals surface area contributed by atoms with Crippen LogP contribution in [0.15, 0.2) is 48.9 Å². The molecule has 0 amide bonds. The van der Waals surface area contributed by atoms with Crippen molar-refractivity contribution in [3.63, 3.8) is 0 Å². The maximum atomic E-state index is 12.4. The van der Waals surface area contributed by atoms with Crippen molar-refractivity contribution in [1.29, 1.82) is 0 Å². The van der Waals surface area contributed by atoms with E-state index in [1.807, 2.05) is 0 Å². The maximum Gasteiger partial charge on any atom is 0.199 e. The van der Waals surface area contributed by atoms with Crippen LogP contribution in [-0.4, -0.2) is 25.7 Å². The van der Waals surface area contributed by atoms with E-state index in [2.05, 4.69) is 10.1 Å². The quantitative estimate of drug-likeness (QED) is 0.744. The first kappa shape index (κ1) is 14.6. The normalized spacial score (nSPS) is 10.6. The number of phenolic OH excluding ortho intramolecular Hbond substituents is 1. The summed E-state index contributed by atoms with van der Waals surface area (Å²) in [5, 5.41) is 14.5. The Bertz CT molecular complexity index is 861. The van der Waals surface area contributed by atoms with Gasteiger partial charge in [0.2, 0.25) is 0 Å². The Morgan fingerprint density at radius 1 is 1.18 bits per heavy atom. The lowest BCUT2D eigenvalue weighted by Gasteiger charge is -2.03. The minimum atomic E-state index is -0.338. The van der Waals surface area contributed by atoms with Crippen molar-refractivity contribution >= 4 is 29.0 Å². The van der Waals surface area contributed by atoms with E-state index in [1.165, 1.54) is 35.4 Å². The van der Waals surface area contributed by atoms with Crippen LogP contribution in [-0.2, 0) is 0 Å². The topological polar surface area (TPSA) is 68.0 Å². The molecule has 3 rings (SSSR count). The largest absolute Gasteiger partial charge is 0.507 e. The van der Waals surface area contributed by atoms with Gasteiger partial charge in [0, 0.05) is 12.4 Å². The number of carbonyl (C=O) groups excluding carboxylic acids is 1. The van der Waals surface area contributed by atoms with E-state index in [4.69, 9.17) is 23.2 Å². The summed E-state index contributed by atoms with van der Waals surface area (Å²) in [6.45, 7) is 0. The number of aromatic hydroxyl groups is 1. The minimum Gasteiger partial charge on any atom is -0.507 e. The highest BCUT2D eigenvalue weighted by molar-refractivity contribution is 6.35. The first-order valence-corrected chi connectivity index (χ1v) is 7.00. The van der Waals surface area contributed by atoms with Crippen molar-refractivity contribution < 1.29 is 9.90 Å². The van der Waals surface area contributed by atoms with Gasteiger partial charge in [0.15, 0.2) is 11.6 Å². The second-order valence-corrected chi connectivity index (χ2v) is 5.32. The molecule has 0 aliphatic carbocycles. The number of rotatable bonds is 3. The lowest BCUT2D eigenvalue weighted by atomic mass is 10.1. The molecule has 0 saturated carbocycles. The fourth-order valence-corrected chi connectivity index (χ4v) is 2.42. The van der Waals surface area contributed by atoms with E-state index in [1.54, 1.807) is 18.2 Å². The summed E-state index contributed by atoms with van der Waals surface area (Å²) in [6, 6.07) is 7.86. The van der Waals surface area contributed by atoms with Gasteiger partial charge < -0.3 is 5.11 Å². The number of aromatic nitrogens is 3. The third-order valence-electron chi connectivity index (χ3n) is 3.00. The first-order chi connectivity index (χ1) is 10.6. The minimum absolute atomic E-state index is 0.0806. The van der Waals surface area contributed by atoms with Crippen molar-refractivity contribution in [1.82, 2.24) is 14.8 Å². The van der Waals surface area contributed by atoms with E-state index < -0.39 is 0 Å². The average molecular weight is 334 g/mol. The highest BCUT2D eigenvalue weighted by atomic mass is 35.5. The highest BCUT2D eigenvalue weighted by Gasteiger charge is 2.16. The zero-order chi connectivity index (χ0) is 15.7. The van der Waals surface area contributed by atoms with Crippen LogP contribution >= 0.6 is 23.2 Å². The van der Waals surface area contributed by atoms with Crippen LogP contribution < -0.4 is 0 Å². The van der Waals surface area contributed by atoms with Crippen molar-refractivity contribution in [3.05, 3.63) is 70.1 Å². The molecule has 0 aliphatic rings. The van der Waals surface area contributed by atoms with E-state index in [0.717, 1.165) is 0 Å². The van der Waals surface area contributed by atoms with Gasteiger partial charge in [0.1, 0.15) is 5.75 Å². The van der Waals surface area contributed by atoms with Crippen molar-refractivity contribution in [2.75, 3.05) is 0 Å².